The number of hydrogen-bond acceptors (Lipinski definition) is 5. The summed E-state index contributed by atoms with van der Waals surface area (Å²) in [7, 11) is 0. The molecule has 2 heterocycles. The molecule has 1 fully saturated rings. The topological polar surface area (TPSA) is 59.1 Å². The van der Waals surface area contributed by atoms with E-state index in [2.05, 4.69) is 69.1 Å². The lowest BCUT2D eigenvalue weighted by Crippen LogP contribution is -2.30. The highest BCUT2D eigenvalue weighted by atomic mass is 16.5. The minimum Gasteiger partial charge on any atom is -0.493 e. The predicted octanol–water partition coefficient (Wildman–Crippen LogP) is 5.29. The first-order chi connectivity index (χ1) is 15.8. The second-order valence-electron chi connectivity index (χ2n) is 8.32. The minimum absolute atomic E-state index is 0.628. The molecule has 0 atom stereocenters. The molecule has 0 bridgehead atoms. The van der Waals surface area contributed by atoms with Gasteiger partial charge in [0, 0.05) is 18.0 Å². The molecule has 162 valence electrons. The predicted molar refractivity (Wildman–Crippen MR) is 130 cm³/mol. The summed E-state index contributed by atoms with van der Waals surface area (Å²) in [6, 6.07) is 25.2. The summed E-state index contributed by atoms with van der Waals surface area (Å²) in [6.07, 6.45) is 3.96. The fourth-order valence-corrected chi connectivity index (χ4v) is 4.16. The van der Waals surface area contributed by atoms with Gasteiger partial charge in [-0.05, 0) is 60.7 Å². The smallest absolute Gasteiger partial charge is 0.137 e. The summed E-state index contributed by atoms with van der Waals surface area (Å²) in [6.45, 7) is 3.64. The van der Waals surface area contributed by atoms with E-state index in [4.69, 9.17) is 4.74 Å². The van der Waals surface area contributed by atoms with E-state index in [1.54, 1.807) is 6.33 Å². The van der Waals surface area contributed by atoms with Crippen molar-refractivity contribution >= 4 is 16.7 Å². The van der Waals surface area contributed by atoms with Gasteiger partial charge in [0.2, 0.25) is 0 Å². The molecule has 0 unspecified atom stereocenters. The highest BCUT2D eigenvalue weighted by Gasteiger charge is 2.14. The molecule has 4 aromatic rings. The summed E-state index contributed by atoms with van der Waals surface area (Å²) in [5.74, 6) is 2.34. The Bertz CT molecular complexity index is 1160. The van der Waals surface area contributed by atoms with E-state index in [9.17, 15) is 0 Å². The Morgan fingerprint density at radius 3 is 2.47 bits per heavy atom. The number of nitrogens with one attached hydrogen (secondary N) is 2. The molecule has 2 N–H and O–H groups in total. The lowest BCUT2D eigenvalue weighted by molar-refractivity contribution is 0.215. The first kappa shape index (κ1) is 20.5. The zero-order chi connectivity index (χ0) is 21.6. The second kappa shape index (κ2) is 9.79. The van der Waals surface area contributed by atoms with E-state index >= 15 is 0 Å². The van der Waals surface area contributed by atoms with Gasteiger partial charge in [-0.15, -0.1) is 0 Å². The van der Waals surface area contributed by atoms with Crippen molar-refractivity contribution in [3.63, 3.8) is 0 Å². The molecule has 1 saturated heterocycles. The van der Waals surface area contributed by atoms with Crippen LogP contribution in [-0.4, -0.2) is 29.7 Å². The van der Waals surface area contributed by atoms with E-state index in [0.717, 1.165) is 42.2 Å². The van der Waals surface area contributed by atoms with Crippen LogP contribution in [0.1, 0.15) is 18.4 Å². The van der Waals surface area contributed by atoms with Crippen LogP contribution in [-0.2, 0) is 6.54 Å². The van der Waals surface area contributed by atoms with Crippen molar-refractivity contribution < 1.29 is 4.74 Å². The summed E-state index contributed by atoms with van der Waals surface area (Å²) >= 11 is 0. The van der Waals surface area contributed by atoms with E-state index in [-0.39, 0.29) is 0 Å². The number of fused-ring (bicyclic) bond motifs is 1. The zero-order valence-corrected chi connectivity index (χ0v) is 18.1. The maximum atomic E-state index is 6.06. The standard InChI is InChI=1S/C27H28N4O/c1-2-4-22(5-3-1)23-8-6-20(7-9-23)17-29-27-25-11-10-24(16-26(25)30-19-31-27)32-18-21-12-14-28-15-13-21/h1-11,16,19,21,28H,12-15,17-18H2,(H,29,30,31). The molecule has 5 heteroatoms. The molecular formula is C27H28N4O. The van der Waals surface area contributed by atoms with Crippen LogP contribution in [0, 0.1) is 5.92 Å². The normalized spacial score (nSPS) is 14.4. The SMILES string of the molecule is c1ccc(-c2ccc(CNc3ncnc4cc(OCC5CCNCC5)ccc34)cc2)cc1. The van der Waals surface area contributed by atoms with Crippen molar-refractivity contribution in [1.29, 1.82) is 0 Å². The van der Waals surface area contributed by atoms with Crippen LogP contribution < -0.4 is 15.4 Å². The van der Waals surface area contributed by atoms with Crippen LogP contribution in [0.25, 0.3) is 22.0 Å². The number of anilines is 1. The fourth-order valence-electron chi connectivity index (χ4n) is 4.16. The molecule has 0 amide bonds. The Labute approximate surface area is 188 Å². The van der Waals surface area contributed by atoms with Gasteiger partial charge >= 0.3 is 0 Å². The third-order valence-electron chi connectivity index (χ3n) is 6.07. The van der Waals surface area contributed by atoms with Crippen LogP contribution in [0.5, 0.6) is 5.75 Å². The molecule has 0 saturated carbocycles. The Balaban J connectivity index is 1.24. The number of hydrogen-bond donors (Lipinski definition) is 2. The van der Waals surface area contributed by atoms with Crippen LogP contribution in [0.2, 0.25) is 0 Å². The first-order valence-corrected chi connectivity index (χ1v) is 11.3. The highest BCUT2D eigenvalue weighted by molar-refractivity contribution is 5.89. The maximum Gasteiger partial charge on any atom is 0.137 e. The quantitative estimate of drug-likeness (QED) is 0.422. The molecular weight excluding hydrogens is 396 g/mol. The van der Waals surface area contributed by atoms with Crippen molar-refractivity contribution in [1.82, 2.24) is 15.3 Å². The van der Waals surface area contributed by atoms with Gasteiger partial charge in [-0.2, -0.15) is 0 Å². The number of ether oxygens (including phenoxy) is 1. The number of rotatable bonds is 7. The molecule has 1 aromatic heterocycles. The van der Waals surface area contributed by atoms with Crippen molar-refractivity contribution in [3.8, 4) is 16.9 Å². The Hall–Kier alpha value is -3.44. The first-order valence-electron chi connectivity index (χ1n) is 11.3. The molecule has 1 aliphatic heterocycles. The van der Waals surface area contributed by atoms with Crippen LogP contribution in [0.15, 0.2) is 79.1 Å². The third-order valence-corrected chi connectivity index (χ3v) is 6.07. The summed E-state index contributed by atoms with van der Waals surface area (Å²) in [5, 5.41) is 7.87. The zero-order valence-electron chi connectivity index (χ0n) is 18.1. The summed E-state index contributed by atoms with van der Waals surface area (Å²) in [5.41, 5.74) is 4.55. The van der Waals surface area contributed by atoms with E-state index in [0.29, 0.717) is 12.5 Å². The second-order valence-corrected chi connectivity index (χ2v) is 8.32. The van der Waals surface area contributed by atoms with Gasteiger partial charge in [-0.3, -0.25) is 0 Å². The third kappa shape index (κ3) is 4.89. The fraction of sp³-hybridized carbons (Fsp3) is 0.259. The van der Waals surface area contributed by atoms with Crippen LogP contribution in [0.4, 0.5) is 5.82 Å². The Morgan fingerprint density at radius 2 is 1.66 bits per heavy atom. The van der Waals surface area contributed by atoms with Gasteiger partial charge < -0.3 is 15.4 Å². The van der Waals surface area contributed by atoms with Crippen molar-refractivity contribution in [3.05, 3.63) is 84.7 Å². The van der Waals surface area contributed by atoms with Gasteiger partial charge in [-0.25, -0.2) is 9.97 Å². The van der Waals surface area contributed by atoms with Crippen molar-refractivity contribution in [2.45, 2.75) is 19.4 Å². The number of piperidine rings is 1. The maximum absolute atomic E-state index is 6.06. The van der Waals surface area contributed by atoms with E-state index in [1.165, 1.54) is 29.5 Å². The highest BCUT2D eigenvalue weighted by Crippen LogP contribution is 2.26. The minimum atomic E-state index is 0.628. The molecule has 32 heavy (non-hydrogen) atoms. The molecule has 5 rings (SSSR count). The average Bonchev–Trinajstić information content (AvgIpc) is 2.87. The Kier molecular flexibility index (Phi) is 6.26. The summed E-state index contributed by atoms with van der Waals surface area (Å²) in [4.78, 5) is 8.92. The van der Waals surface area contributed by atoms with Crippen molar-refractivity contribution in [2.75, 3.05) is 25.0 Å². The Morgan fingerprint density at radius 1 is 0.875 bits per heavy atom. The van der Waals surface area contributed by atoms with Gasteiger partial charge in [0.25, 0.3) is 0 Å². The van der Waals surface area contributed by atoms with E-state index in [1.807, 2.05) is 24.3 Å². The lowest BCUT2D eigenvalue weighted by Gasteiger charge is -2.22. The average molecular weight is 425 g/mol. The van der Waals surface area contributed by atoms with Crippen molar-refractivity contribution in [2.24, 2.45) is 5.92 Å². The van der Waals surface area contributed by atoms with Crippen LogP contribution in [0.3, 0.4) is 0 Å². The van der Waals surface area contributed by atoms with Gasteiger partial charge in [0.05, 0.1) is 12.1 Å². The summed E-state index contributed by atoms with van der Waals surface area (Å²) < 4.78 is 6.06. The molecule has 5 nitrogen and oxygen atoms in total. The number of benzene rings is 3. The van der Waals surface area contributed by atoms with Gasteiger partial charge in [-0.1, -0.05) is 54.6 Å². The number of aromatic nitrogens is 2. The molecule has 0 aliphatic carbocycles. The largest absolute Gasteiger partial charge is 0.493 e. The molecule has 0 radical (unpaired) electrons. The van der Waals surface area contributed by atoms with Crippen LogP contribution >= 0.6 is 0 Å². The molecule has 1 aliphatic rings. The number of nitrogens with zero attached hydrogens (tertiary/aromatic N) is 2. The van der Waals surface area contributed by atoms with Gasteiger partial charge in [0.15, 0.2) is 0 Å². The molecule has 0 spiro atoms. The molecule has 3 aromatic carbocycles. The van der Waals surface area contributed by atoms with Gasteiger partial charge in [0.1, 0.15) is 17.9 Å². The van der Waals surface area contributed by atoms with E-state index < -0.39 is 0 Å². The monoisotopic (exact) mass is 424 g/mol. The lowest BCUT2D eigenvalue weighted by atomic mass is 9.99.